The summed E-state index contributed by atoms with van der Waals surface area (Å²) in [6.45, 7) is 5.53. The molecule has 1 rings (SSSR count). The molecule has 1 unspecified atom stereocenters. The predicted molar refractivity (Wildman–Crippen MR) is 45.4 cm³/mol. The number of allylic oxidation sites excluding steroid dienone is 1. The van der Waals surface area contributed by atoms with E-state index in [-0.39, 0.29) is 5.38 Å². The quantitative estimate of drug-likeness (QED) is 0.475. The van der Waals surface area contributed by atoms with Gasteiger partial charge in [-0.1, -0.05) is 17.7 Å². The first-order valence-electron chi connectivity index (χ1n) is 3.48. The number of alkyl halides is 1. The van der Waals surface area contributed by atoms with E-state index in [0.717, 1.165) is 19.5 Å². The van der Waals surface area contributed by atoms with Crippen molar-refractivity contribution in [3.05, 3.63) is 24.3 Å². The minimum Gasteiger partial charge on any atom is -0.311 e. The van der Waals surface area contributed by atoms with Gasteiger partial charge in [-0.05, 0) is 6.42 Å². The summed E-state index contributed by atoms with van der Waals surface area (Å²) in [5.74, 6) is 0. The summed E-state index contributed by atoms with van der Waals surface area (Å²) in [5.41, 5.74) is 1.35. The Hall–Kier alpha value is -0.270. The highest BCUT2D eigenvalue weighted by Gasteiger charge is 2.07. The van der Waals surface area contributed by atoms with Crippen LogP contribution in [0, 0.1) is 0 Å². The van der Waals surface area contributed by atoms with Gasteiger partial charge in [-0.2, -0.15) is 0 Å². The Morgan fingerprint density at radius 2 is 2.70 bits per heavy atom. The Morgan fingerprint density at radius 1 is 1.90 bits per heavy atom. The first-order chi connectivity index (χ1) is 4.83. The molecule has 1 N–H and O–H groups in total. The molecule has 0 fully saturated rings. The van der Waals surface area contributed by atoms with E-state index in [9.17, 15) is 0 Å². The van der Waals surface area contributed by atoms with Crippen molar-refractivity contribution >= 4 is 11.6 Å². The monoisotopic (exact) mass is 157 g/mol. The second-order valence-corrected chi connectivity index (χ2v) is 3.03. The molecule has 0 radical (unpaired) electrons. The van der Waals surface area contributed by atoms with Crippen LogP contribution in [0.5, 0.6) is 0 Å². The van der Waals surface area contributed by atoms with Crippen LogP contribution in [0.4, 0.5) is 0 Å². The van der Waals surface area contributed by atoms with Gasteiger partial charge in [0.25, 0.3) is 0 Å². The molecule has 1 nitrogen and oxygen atoms in total. The van der Waals surface area contributed by atoms with Crippen molar-refractivity contribution in [2.24, 2.45) is 0 Å². The average molecular weight is 158 g/mol. The van der Waals surface area contributed by atoms with Crippen LogP contribution in [-0.2, 0) is 0 Å². The van der Waals surface area contributed by atoms with E-state index in [0.29, 0.717) is 0 Å². The van der Waals surface area contributed by atoms with Gasteiger partial charge in [0.1, 0.15) is 0 Å². The lowest BCUT2D eigenvalue weighted by molar-refractivity contribution is 0.698. The van der Waals surface area contributed by atoms with Crippen LogP contribution in [0.25, 0.3) is 0 Å². The lowest BCUT2D eigenvalue weighted by Crippen LogP contribution is -2.29. The molecule has 0 aromatic carbocycles. The van der Waals surface area contributed by atoms with Gasteiger partial charge < -0.3 is 5.32 Å². The van der Waals surface area contributed by atoms with E-state index >= 15 is 0 Å². The van der Waals surface area contributed by atoms with Crippen molar-refractivity contribution in [2.75, 3.05) is 13.1 Å². The zero-order valence-electron chi connectivity index (χ0n) is 5.94. The van der Waals surface area contributed by atoms with Crippen LogP contribution >= 0.6 is 11.6 Å². The van der Waals surface area contributed by atoms with Crippen LogP contribution in [0.15, 0.2) is 24.3 Å². The van der Waals surface area contributed by atoms with Crippen LogP contribution in [0.2, 0.25) is 0 Å². The Balaban J connectivity index is 2.48. The van der Waals surface area contributed by atoms with E-state index in [1.165, 1.54) is 5.57 Å². The van der Waals surface area contributed by atoms with Crippen molar-refractivity contribution in [1.82, 2.24) is 5.32 Å². The molecule has 0 bridgehead atoms. The van der Waals surface area contributed by atoms with Gasteiger partial charge in [0.2, 0.25) is 0 Å². The molecular formula is C8H12ClN. The number of hydrogen-bond acceptors (Lipinski definition) is 1. The topological polar surface area (TPSA) is 12.0 Å². The van der Waals surface area contributed by atoms with Gasteiger partial charge in [-0.3, -0.25) is 0 Å². The van der Waals surface area contributed by atoms with Gasteiger partial charge in [-0.15, -0.1) is 18.2 Å². The molecule has 1 aliphatic rings. The smallest absolute Gasteiger partial charge is 0.0643 e. The maximum atomic E-state index is 5.87. The summed E-state index contributed by atoms with van der Waals surface area (Å²) in [4.78, 5) is 0. The molecule has 0 spiro atoms. The van der Waals surface area contributed by atoms with E-state index in [1.54, 1.807) is 0 Å². The maximum Gasteiger partial charge on any atom is 0.0643 e. The van der Waals surface area contributed by atoms with Crippen molar-refractivity contribution < 1.29 is 0 Å². The predicted octanol–water partition coefficient (Wildman–Crippen LogP) is 1.70. The number of halogens is 1. The molecule has 0 aromatic rings. The molecule has 0 aromatic heterocycles. The van der Waals surface area contributed by atoms with Crippen molar-refractivity contribution in [3.8, 4) is 0 Å². The summed E-state index contributed by atoms with van der Waals surface area (Å²) < 4.78 is 0. The average Bonchev–Trinajstić information content (AvgIpc) is 1.88. The van der Waals surface area contributed by atoms with E-state index in [4.69, 9.17) is 11.6 Å². The second kappa shape index (κ2) is 3.79. The van der Waals surface area contributed by atoms with Crippen LogP contribution < -0.4 is 5.32 Å². The lowest BCUT2D eigenvalue weighted by atomic mass is 10.1. The third-order valence-corrected chi connectivity index (χ3v) is 1.79. The van der Waals surface area contributed by atoms with Gasteiger partial charge in [0.15, 0.2) is 0 Å². The molecule has 56 valence electrons. The zero-order valence-corrected chi connectivity index (χ0v) is 6.69. The van der Waals surface area contributed by atoms with Crippen LogP contribution in [-0.4, -0.2) is 18.5 Å². The highest BCUT2D eigenvalue weighted by Crippen LogP contribution is 2.10. The summed E-state index contributed by atoms with van der Waals surface area (Å²) in [7, 11) is 0. The third kappa shape index (κ3) is 2.16. The van der Waals surface area contributed by atoms with Gasteiger partial charge in [0, 0.05) is 13.1 Å². The Bertz CT molecular complexity index is 151. The summed E-state index contributed by atoms with van der Waals surface area (Å²) in [6.07, 6.45) is 4.97. The molecule has 1 heterocycles. The standard InChI is InChI=1S/C8H12ClN/c1-2-3-7-4-8(9)6-10-5-7/h2,4,8,10H,1,3,5-6H2. The fourth-order valence-corrected chi connectivity index (χ4v) is 1.36. The molecule has 0 saturated heterocycles. The third-order valence-electron chi connectivity index (χ3n) is 1.51. The molecule has 10 heavy (non-hydrogen) atoms. The highest BCUT2D eigenvalue weighted by atomic mass is 35.5. The van der Waals surface area contributed by atoms with Crippen LogP contribution in [0.3, 0.4) is 0 Å². The van der Waals surface area contributed by atoms with Crippen molar-refractivity contribution in [3.63, 3.8) is 0 Å². The maximum absolute atomic E-state index is 5.87. The van der Waals surface area contributed by atoms with Crippen molar-refractivity contribution in [2.45, 2.75) is 11.8 Å². The van der Waals surface area contributed by atoms with Gasteiger partial charge in [0.05, 0.1) is 5.38 Å². The Morgan fingerprint density at radius 3 is 3.30 bits per heavy atom. The largest absolute Gasteiger partial charge is 0.311 e. The first-order valence-corrected chi connectivity index (χ1v) is 3.92. The minimum atomic E-state index is 0.170. The number of nitrogens with one attached hydrogen (secondary N) is 1. The summed E-state index contributed by atoms with van der Waals surface area (Å²) in [6, 6.07) is 0. The second-order valence-electron chi connectivity index (χ2n) is 2.46. The molecule has 1 atom stereocenters. The molecule has 1 aliphatic heterocycles. The molecule has 0 saturated carbocycles. The number of hydrogen-bond donors (Lipinski definition) is 1. The Labute approximate surface area is 66.8 Å². The van der Waals surface area contributed by atoms with E-state index < -0.39 is 0 Å². The Kier molecular flexibility index (Phi) is 2.97. The van der Waals surface area contributed by atoms with Crippen molar-refractivity contribution in [1.29, 1.82) is 0 Å². The highest BCUT2D eigenvalue weighted by molar-refractivity contribution is 6.22. The molecule has 0 aliphatic carbocycles. The van der Waals surface area contributed by atoms with Gasteiger partial charge in [-0.25, -0.2) is 0 Å². The fraction of sp³-hybridized carbons (Fsp3) is 0.500. The molecular weight excluding hydrogens is 146 g/mol. The van der Waals surface area contributed by atoms with E-state index in [2.05, 4.69) is 18.0 Å². The summed E-state index contributed by atoms with van der Waals surface area (Å²) >= 11 is 5.87. The lowest BCUT2D eigenvalue weighted by Gasteiger charge is -2.16. The zero-order chi connectivity index (χ0) is 7.40. The normalized spacial score (nSPS) is 25.7. The van der Waals surface area contributed by atoms with E-state index in [1.807, 2.05) is 6.08 Å². The fourth-order valence-electron chi connectivity index (χ4n) is 1.07. The summed E-state index contributed by atoms with van der Waals surface area (Å²) in [5, 5.41) is 3.39. The number of rotatable bonds is 2. The SMILES string of the molecule is C=CCC1=CC(Cl)CNC1. The van der Waals surface area contributed by atoms with Crippen LogP contribution in [0.1, 0.15) is 6.42 Å². The molecule has 2 heteroatoms. The molecule has 0 amide bonds. The van der Waals surface area contributed by atoms with Gasteiger partial charge >= 0.3 is 0 Å². The first kappa shape index (κ1) is 7.83. The minimum absolute atomic E-state index is 0.170.